The van der Waals surface area contributed by atoms with Crippen molar-refractivity contribution in [3.05, 3.63) is 47.8 Å². The molecule has 0 spiro atoms. The van der Waals surface area contributed by atoms with Crippen LogP contribution in [0, 0.1) is 6.92 Å². The van der Waals surface area contributed by atoms with Gasteiger partial charge in [0.25, 0.3) is 0 Å². The van der Waals surface area contributed by atoms with Crippen LogP contribution in [-0.4, -0.2) is 9.97 Å². The van der Waals surface area contributed by atoms with Gasteiger partial charge in [-0.2, -0.15) is 4.98 Å². The molecule has 0 radical (unpaired) electrons. The molecule has 0 aliphatic carbocycles. The van der Waals surface area contributed by atoms with Gasteiger partial charge in [-0.15, -0.1) is 0 Å². The molecule has 0 amide bonds. The third kappa shape index (κ3) is 2.55. The van der Waals surface area contributed by atoms with E-state index in [-0.39, 0.29) is 0 Å². The second kappa shape index (κ2) is 4.72. The summed E-state index contributed by atoms with van der Waals surface area (Å²) in [6, 6.07) is 9.81. The molecule has 1 heterocycles. The molecule has 0 saturated heterocycles. The van der Waals surface area contributed by atoms with Gasteiger partial charge in [0.2, 0.25) is 0 Å². The van der Waals surface area contributed by atoms with Crippen LogP contribution in [-0.2, 0) is 6.54 Å². The maximum absolute atomic E-state index is 5.50. The first-order valence-corrected chi connectivity index (χ1v) is 5.04. The highest BCUT2D eigenvalue weighted by Crippen LogP contribution is 2.17. The van der Waals surface area contributed by atoms with Crippen LogP contribution in [0.3, 0.4) is 0 Å². The number of aryl methyl sites for hydroxylation is 1. The van der Waals surface area contributed by atoms with E-state index in [1.54, 1.807) is 12.3 Å². The van der Waals surface area contributed by atoms with Crippen LogP contribution in [0.4, 0.5) is 0 Å². The second-order valence-corrected chi connectivity index (χ2v) is 3.45. The first-order valence-electron chi connectivity index (χ1n) is 5.04. The third-order valence-electron chi connectivity index (χ3n) is 2.13. The van der Waals surface area contributed by atoms with Crippen LogP contribution in [0.25, 0.3) is 0 Å². The summed E-state index contributed by atoms with van der Waals surface area (Å²) in [5, 5.41) is 0. The molecule has 4 heteroatoms. The van der Waals surface area contributed by atoms with Gasteiger partial charge in [-0.05, 0) is 25.1 Å². The largest absolute Gasteiger partial charge is 0.424 e. The molecule has 2 N–H and O–H groups in total. The first-order chi connectivity index (χ1) is 7.78. The van der Waals surface area contributed by atoms with Crippen molar-refractivity contribution < 1.29 is 4.74 Å². The zero-order valence-corrected chi connectivity index (χ0v) is 9.05. The normalized spacial score (nSPS) is 10.1. The Morgan fingerprint density at radius 1 is 1.19 bits per heavy atom. The van der Waals surface area contributed by atoms with Gasteiger partial charge < -0.3 is 10.5 Å². The van der Waals surface area contributed by atoms with Gasteiger partial charge in [0, 0.05) is 12.7 Å². The highest BCUT2D eigenvalue weighted by Gasteiger charge is 2.00. The Labute approximate surface area is 94.1 Å². The van der Waals surface area contributed by atoms with E-state index in [0.29, 0.717) is 12.6 Å². The molecule has 16 heavy (non-hydrogen) atoms. The molecule has 0 aliphatic rings. The molecule has 0 aliphatic heterocycles. The minimum Gasteiger partial charge on any atom is -0.424 e. The van der Waals surface area contributed by atoms with Crippen LogP contribution >= 0.6 is 0 Å². The number of hydrogen-bond acceptors (Lipinski definition) is 4. The molecule has 0 atom stereocenters. The summed E-state index contributed by atoms with van der Waals surface area (Å²) in [7, 11) is 0. The fourth-order valence-electron chi connectivity index (χ4n) is 1.25. The molecule has 4 nitrogen and oxygen atoms in total. The lowest BCUT2D eigenvalue weighted by molar-refractivity contribution is 0.439. The summed E-state index contributed by atoms with van der Waals surface area (Å²) in [5.74, 6) is 0.722. The van der Waals surface area contributed by atoms with E-state index in [1.165, 1.54) is 5.56 Å². The first kappa shape index (κ1) is 10.6. The highest BCUT2D eigenvalue weighted by molar-refractivity contribution is 5.28. The fourth-order valence-corrected chi connectivity index (χ4v) is 1.25. The SMILES string of the molecule is Cc1ccc(Oc2nccc(CN)n2)cc1. The lowest BCUT2D eigenvalue weighted by Gasteiger charge is -2.04. The maximum Gasteiger partial charge on any atom is 0.322 e. The number of rotatable bonds is 3. The topological polar surface area (TPSA) is 61.0 Å². The molecule has 2 aromatic rings. The van der Waals surface area contributed by atoms with E-state index in [1.807, 2.05) is 31.2 Å². The predicted octanol–water partition coefficient (Wildman–Crippen LogP) is 2.04. The van der Waals surface area contributed by atoms with Gasteiger partial charge in [-0.25, -0.2) is 4.98 Å². The highest BCUT2D eigenvalue weighted by atomic mass is 16.5. The lowest BCUT2D eigenvalue weighted by Crippen LogP contribution is -2.01. The van der Waals surface area contributed by atoms with Crippen LogP contribution in [0.15, 0.2) is 36.5 Å². The molecular weight excluding hydrogens is 202 g/mol. The molecule has 0 fully saturated rings. The van der Waals surface area contributed by atoms with Crippen LogP contribution in [0.2, 0.25) is 0 Å². The van der Waals surface area contributed by atoms with Crippen LogP contribution in [0.1, 0.15) is 11.3 Å². The lowest BCUT2D eigenvalue weighted by atomic mass is 10.2. The molecule has 0 bridgehead atoms. The monoisotopic (exact) mass is 215 g/mol. The Morgan fingerprint density at radius 2 is 1.94 bits per heavy atom. The van der Waals surface area contributed by atoms with E-state index in [0.717, 1.165) is 11.4 Å². The molecule has 0 saturated carbocycles. The number of aromatic nitrogens is 2. The third-order valence-corrected chi connectivity index (χ3v) is 2.13. The van der Waals surface area contributed by atoms with E-state index in [2.05, 4.69) is 9.97 Å². The van der Waals surface area contributed by atoms with Crippen molar-refractivity contribution in [2.75, 3.05) is 0 Å². The Kier molecular flexibility index (Phi) is 3.12. The number of nitrogens with zero attached hydrogens (tertiary/aromatic N) is 2. The average Bonchev–Trinajstić information content (AvgIpc) is 2.32. The maximum atomic E-state index is 5.50. The van der Waals surface area contributed by atoms with Crippen molar-refractivity contribution in [1.82, 2.24) is 9.97 Å². The zero-order valence-electron chi connectivity index (χ0n) is 9.05. The molecule has 1 aromatic heterocycles. The molecule has 0 unspecified atom stereocenters. The van der Waals surface area contributed by atoms with Gasteiger partial charge in [-0.3, -0.25) is 0 Å². The van der Waals surface area contributed by atoms with Crippen molar-refractivity contribution in [2.24, 2.45) is 5.73 Å². The minimum atomic E-state index is 0.326. The predicted molar refractivity (Wildman–Crippen MR) is 61.2 cm³/mol. The van der Waals surface area contributed by atoms with Crippen molar-refractivity contribution in [3.63, 3.8) is 0 Å². The van der Waals surface area contributed by atoms with E-state index < -0.39 is 0 Å². The summed E-state index contributed by atoms with van der Waals surface area (Å²) < 4.78 is 5.50. The summed E-state index contributed by atoms with van der Waals surface area (Å²) >= 11 is 0. The van der Waals surface area contributed by atoms with Gasteiger partial charge in [0.05, 0.1) is 5.69 Å². The van der Waals surface area contributed by atoms with Crippen molar-refractivity contribution >= 4 is 0 Å². The standard InChI is InChI=1S/C12H13N3O/c1-9-2-4-11(5-3-9)16-12-14-7-6-10(8-13)15-12/h2-7H,8,13H2,1H3. The molecule has 1 aromatic carbocycles. The molecule has 82 valence electrons. The van der Waals surface area contributed by atoms with Crippen LogP contribution < -0.4 is 10.5 Å². The summed E-state index contributed by atoms with van der Waals surface area (Å²) in [5.41, 5.74) is 7.43. The Bertz CT molecular complexity index is 468. The number of ether oxygens (including phenoxy) is 1. The summed E-state index contributed by atoms with van der Waals surface area (Å²) in [6.45, 7) is 2.40. The zero-order chi connectivity index (χ0) is 11.4. The van der Waals surface area contributed by atoms with Gasteiger partial charge >= 0.3 is 6.01 Å². The molecular formula is C12H13N3O. The van der Waals surface area contributed by atoms with Crippen molar-refractivity contribution in [1.29, 1.82) is 0 Å². The number of nitrogens with two attached hydrogens (primary N) is 1. The van der Waals surface area contributed by atoms with E-state index >= 15 is 0 Å². The summed E-state index contributed by atoms with van der Waals surface area (Å²) in [6.07, 6.45) is 1.64. The fraction of sp³-hybridized carbons (Fsp3) is 0.167. The second-order valence-electron chi connectivity index (χ2n) is 3.45. The summed E-state index contributed by atoms with van der Waals surface area (Å²) in [4.78, 5) is 8.17. The van der Waals surface area contributed by atoms with Crippen molar-refractivity contribution in [2.45, 2.75) is 13.5 Å². The van der Waals surface area contributed by atoms with Crippen LogP contribution in [0.5, 0.6) is 11.8 Å². The van der Waals surface area contributed by atoms with Gasteiger partial charge in [0.1, 0.15) is 5.75 Å². The minimum absolute atomic E-state index is 0.326. The quantitative estimate of drug-likeness (QED) is 0.851. The Hall–Kier alpha value is -1.94. The Morgan fingerprint density at radius 3 is 2.62 bits per heavy atom. The molecule has 2 rings (SSSR count). The van der Waals surface area contributed by atoms with E-state index in [9.17, 15) is 0 Å². The number of hydrogen-bond donors (Lipinski definition) is 1. The smallest absolute Gasteiger partial charge is 0.322 e. The van der Waals surface area contributed by atoms with E-state index in [4.69, 9.17) is 10.5 Å². The number of benzene rings is 1. The average molecular weight is 215 g/mol. The van der Waals surface area contributed by atoms with Crippen molar-refractivity contribution in [3.8, 4) is 11.8 Å². The Balaban J connectivity index is 2.16. The van der Waals surface area contributed by atoms with Gasteiger partial charge in [0.15, 0.2) is 0 Å². The van der Waals surface area contributed by atoms with Gasteiger partial charge in [-0.1, -0.05) is 17.7 Å².